The van der Waals surface area contributed by atoms with Crippen molar-refractivity contribution >= 4 is 54.9 Å². The molecule has 3 N–H and O–H groups in total. The lowest BCUT2D eigenvalue weighted by atomic mass is 10.2. The molecule has 9 nitrogen and oxygen atoms in total. The molecule has 0 radical (unpaired) electrons. The Morgan fingerprint density at radius 2 is 1.91 bits per heavy atom. The van der Waals surface area contributed by atoms with Crippen LogP contribution in [0.15, 0.2) is 28.5 Å². The van der Waals surface area contributed by atoms with E-state index < -0.39 is 10.0 Å². The number of hydrogen-bond donors (Lipinski definition) is 2. The fraction of sp³-hybridized carbons (Fsp3) is 0.417. The maximum absolute atomic E-state index is 12.7. The van der Waals surface area contributed by atoms with Crippen molar-refractivity contribution in [3.05, 3.63) is 40.8 Å². The Balaban J connectivity index is 1.50. The molecule has 0 aliphatic carbocycles. The number of unbranched alkanes of at least 4 members (excludes halogenated alkanes) is 2. The maximum atomic E-state index is 12.7. The van der Waals surface area contributed by atoms with E-state index in [1.807, 2.05) is 24.3 Å². The molecule has 35 heavy (non-hydrogen) atoms. The number of carbonyl (C=O) groups excluding carboxylic acids is 1. The molecule has 0 spiro atoms. The van der Waals surface area contributed by atoms with Crippen LogP contribution in [0.25, 0.3) is 21.9 Å². The summed E-state index contributed by atoms with van der Waals surface area (Å²) in [6.07, 6.45) is 4.31. The van der Waals surface area contributed by atoms with Gasteiger partial charge in [0.15, 0.2) is 20.8 Å². The minimum absolute atomic E-state index is 0.0969. The smallest absolute Gasteiger partial charge is 0.251 e. The van der Waals surface area contributed by atoms with Crippen LogP contribution in [0.2, 0.25) is 0 Å². The Morgan fingerprint density at radius 1 is 1.14 bits per heavy atom. The van der Waals surface area contributed by atoms with E-state index in [4.69, 9.17) is 10.7 Å². The number of fused-ring (bicyclic) bond motifs is 3. The van der Waals surface area contributed by atoms with Gasteiger partial charge in [-0.3, -0.25) is 4.79 Å². The second-order valence-corrected chi connectivity index (χ2v) is 11.5. The topological polar surface area (TPSA) is 133 Å². The summed E-state index contributed by atoms with van der Waals surface area (Å²) in [5.41, 5.74) is 9.13. The molecule has 0 unspecified atom stereocenters. The number of sulfonamides is 1. The zero-order chi connectivity index (χ0) is 25.2. The number of hydrogen-bond acceptors (Lipinski definition) is 8. The number of aromatic nitrogens is 4. The highest BCUT2D eigenvalue weighted by molar-refractivity contribution is 7.91. The first kappa shape index (κ1) is 25.2. The molecule has 0 aliphatic rings. The minimum Gasteiger partial charge on any atom is -0.382 e. The van der Waals surface area contributed by atoms with Crippen LogP contribution in [0.1, 0.15) is 60.9 Å². The van der Waals surface area contributed by atoms with Gasteiger partial charge in [-0.25, -0.2) is 28.1 Å². The molecule has 0 aliphatic heterocycles. The lowest BCUT2D eigenvalue weighted by molar-refractivity contribution is 0.101. The van der Waals surface area contributed by atoms with E-state index in [1.165, 1.54) is 6.92 Å². The summed E-state index contributed by atoms with van der Waals surface area (Å²) >= 11 is 0.908. The van der Waals surface area contributed by atoms with Gasteiger partial charge in [0, 0.05) is 31.8 Å². The molecule has 0 atom stereocenters. The summed E-state index contributed by atoms with van der Waals surface area (Å²) in [7, 11) is -3.72. The molecular formula is C24H30N6O3S2. The SMILES string of the molecule is CCCCc1nc2c(N)nc3ccccc3c2n1CCCCNS(=O)(=O)c1sc(C(C)=O)nc1C. The van der Waals surface area contributed by atoms with E-state index in [0.717, 1.165) is 64.8 Å². The fourth-order valence-electron chi connectivity index (χ4n) is 4.12. The van der Waals surface area contributed by atoms with E-state index in [0.29, 0.717) is 24.5 Å². The van der Waals surface area contributed by atoms with Gasteiger partial charge in [0.2, 0.25) is 0 Å². The van der Waals surface area contributed by atoms with Crippen molar-refractivity contribution in [2.45, 2.75) is 63.6 Å². The highest BCUT2D eigenvalue weighted by Crippen LogP contribution is 2.30. The molecule has 0 saturated carbocycles. The monoisotopic (exact) mass is 514 g/mol. The number of thiazole rings is 1. The number of Topliss-reactive ketones (excluding diaryl/α,β-unsaturated/α-hetero) is 1. The molecule has 1 aromatic carbocycles. The zero-order valence-corrected chi connectivity index (χ0v) is 21.8. The lowest BCUT2D eigenvalue weighted by Crippen LogP contribution is -2.25. The summed E-state index contributed by atoms with van der Waals surface area (Å²) in [6, 6.07) is 7.90. The molecule has 3 aromatic heterocycles. The number of carbonyl (C=O) groups is 1. The molecule has 0 amide bonds. The number of nitrogens with one attached hydrogen (secondary N) is 1. The van der Waals surface area contributed by atoms with Crippen molar-refractivity contribution in [1.82, 2.24) is 24.2 Å². The number of nitrogen functional groups attached to an aromatic ring is 1. The fourth-order valence-corrected chi connectivity index (χ4v) is 6.65. The predicted molar refractivity (Wildman–Crippen MR) is 139 cm³/mol. The number of nitrogens with two attached hydrogens (primary N) is 1. The molecule has 4 rings (SSSR count). The van der Waals surface area contributed by atoms with Crippen molar-refractivity contribution in [3.63, 3.8) is 0 Å². The molecule has 3 heterocycles. The van der Waals surface area contributed by atoms with Crippen molar-refractivity contribution in [2.24, 2.45) is 0 Å². The minimum atomic E-state index is -3.72. The van der Waals surface area contributed by atoms with E-state index in [1.54, 1.807) is 6.92 Å². The van der Waals surface area contributed by atoms with E-state index in [-0.39, 0.29) is 21.5 Å². The van der Waals surface area contributed by atoms with E-state index in [9.17, 15) is 13.2 Å². The Morgan fingerprint density at radius 3 is 2.63 bits per heavy atom. The second-order valence-electron chi connectivity index (χ2n) is 8.55. The van der Waals surface area contributed by atoms with Gasteiger partial charge in [-0.05, 0) is 32.3 Å². The van der Waals surface area contributed by atoms with Crippen molar-refractivity contribution in [2.75, 3.05) is 12.3 Å². The lowest BCUT2D eigenvalue weighted by Gasteiger charge is -2.11. The number of benzene rings is 1. The Bertz CT molecular complexity index is 1490. The van der Waals surface area contributed by atoms with Gasteiger partial charge in [0.1, 0.15) is 11.3 Å². The summed E-state index contributed by atoms with van der Waals surface area (Å²) in [5.74, 6) is 1.16. The van der Waals surface area contributed by atoms with Crippen LogP contribution in [-0.2, 0) is 23.0 Å². The predicted octanol–water partition coefficient (Wildman–Crippen LogP) is 4.24. The van der Waals surface area contributed by atoms with Gasteiger partial charge in [0.25, 0.3) is 10.0 Å². The number of aryl methyl sites for hydroxylation is 3. The average Bonchev–Trinajstić information content (AvgIpc) is 3.39. The van der Waals surface area contributed by atoms with Crippen molar-refractivity contribution in [3.8, 4) is 0 Å². The molecule has 0 saturated heterocycles. The Labute approximate surface area is 208 Å². The number of pyridine rings is 1. The van der Waals surface area contributed by atoms with Gasteiger partial charge < -0.3 is 10.3 Å². The summed E-state index contributed by atoms with van der Waals surface area (Å²) < 4.78 is 30.4. The van der Waals surface area contributed by atoms with Crippen molar-refractivity contribution in [1.29, 1.82) is 0 Å². The van der Waals surface area contributed by atoms with Gasteiger partial charge in [-0.15, -0.1) is 0 Å². The summed E-state index contributed by atoms with van der Waals surface area (Å²) in [5, 5.41) is 1.21. The third kappa shape index (κ3) is 5.21. The number of anilines is 1. The van der Waals surface area contributed by atoms with Crippen LogP contribution in [0.3, 0.4) is 0 Å². The number of nitrogens with zero attached hydrogens (tertiary/aromatic N) is 4. The number of imidazole rings is 1. The molecule has 0 bridgehead atoms. The first-order valence-corrected chi connectivity index (χ1v) is 14.0. The van der Waals surface area contributed by atoms with Crippen LogP contribution in [0, 0.1) is 6.92 Å². The maximum Gasteiger partial charge on any atom is 0.251 e. The quantitative estimate of drug-likeness (QED) is 0.226. The first-order valence-electron chi connectivity index (χ1n) is 11.7. The highest BCUT2D eigenvalue weighted by Gasteiger charge is 2.23. The van der Waals surface area contributed by atoms with Gasteiger partial charge in [-0.2, -0.15) is 0 Å². The zero-order valence-electron chi connectivity index (χ0n) is 20.2. The number of ketones is 1. The molecule has 4 aromatic rings. The van der Waals surface area contributed by atoms with Crippen LogP contribution < -0.4 is 10.5 Å². The number of rotatable bonds is 11. The summed E-state index contributed by atoms with van der Waals surface area (Å²) in [4.78, 5) is 25.0. The Kier molecular flexibility index (Phi) is 7.48. The van der Waals surface area contributed by atoms with Gasteiger partial charge >= 0.3 is 0 Å². The van der Waals surface area contributed by atoms with Crippen LogP contribution >= 0.6 is 11.3 Å². The van der Waals surface area contributed by atoms with Crippen LogP contribution in [0.4, 0.5) is 5.82 Å². The molecule has 11 heteroatoms. The number of para-hydroxylation sites is 1. The molecular weight excluding hydrogens is 484 g/mol. The average molecular weight is 515 g/mol. The largest absolute Gasteiger partial charge is 0.382 e. The van der Waals surface area contributed by atoms with Gasteiger partial charge in [-0.1, -0.05) is 42.9 Å². The van der Waals surface area contributed by atoms with Crippen LogP contribution in [-0.4, -0.2) is 40.3 Å². The normalized spacial score (nSPS) is 12.1. The van der Waals surface area contributed by atoms with Crippen molar-refractivity contribution < 1.29 is 13.2 Å². The standard InChI is InChI=1S/C24H30N6O3S2/c1-4-5-12-19-29-20-21(17-10-6-7-11-18(17)28-22(20)25)30(19)14-9-8-13-26-35(32,33)24-15(2)27-23(34-24)16(3)31/h6-7,10-11,26H,4-5,8-9,12-14H2,1-3H3,(H2,25,28). The Hall–Kier alpha value is -2.89. The van der Waals surface area contributed by atoms with E-state index in [2.05, 4.69) is 26.2 Å². The highest BCUT2D eigenvalue weighted by atomic mass is 32.2. The third-order valence-electron chi connectivity index (χ3n) is 5.84. The first-order chi connectivity index (χ1) is 16.7. The van der Waals surface area contributed by atoms with Crippen LogP contribution in [0.5, 0.6) is 0 Å². The van der Waals surface area contributed by atoms with E-state index >= 15 is 0 Å². The third-order valence-corrected chi connectivity index (χ3v) is 9.17. The summed E-state index contributed by atoms with van der Waals surface area (Å²) in [6.45, 7) is 6.11. The molecule has 186 valence electrons. The molecule has 0 fully saturated rings. The van der Waals surface area contributed by atoms with Gasteiger partial charge in [0.05, 0.1) is 16.7 Å². The second kappa shape index (κ2) is 10.4.